The van der Waals surface area contributed by atoms with Gasteiger partial charge in [-0.05, 0) is 41.5 Å². The molecular weight excluding hydrogens is 390 g/mol. The van der Waals surface area contributed by atoms with Gasteiger partial charge in [-0.2, -0.15) is 0 Å². The molecule has 2 aromatic heterocycles. The minimum absolute atomic E-state index is 0.141. The maximum absolute atomic E-state index is 13.0. The van der Waals surface area contributed by atoms with Gasteiger partial charge in [-0.25, -0.2) is 4.98 Å². The minimum atomic E-state index is -0.141. The van der Waals surface area contributed by atoms with E-state index in [4.69, 9.17) is 11.6 Å². The fourth-order valence-corrected chi connectivity index (χ4v) is 3.98. The van der Waals surface area contributed by atoms with Crippen molar-refractivity contribution in [3.8, 4) is 0 Å². The number of pyridine rings is 1. The van der Waals surface area contributed by atoms with Crippen LogP contribution in [0.1, 0.15) is 11.1 Å². The van der Waals surface area contributed by atoms with Gasteiger partial charge in [0.05, 0.1) is 16.8 Å². The summed E-state index contributed by atoms with van der Waals surface area (Å²) >= 11 is 7.54. The van der Waals surface area contributed by atoms with Crippen molar-refractivity contribution in [1.29, 1.82) is 0 Å². The van der Waals surface area contributed by atoms with E-state index in [-0.39, 0.29) is 5.91 Å². The van der Waals surface area contributed by atoms with Gasteiger partial charge in [0.2, 0.25) is 0 Å². The highest BCUT2D eigenvalue weighted by Gasteiger charge is 2.18. The lowest BCUT2D eigenvalue weighted by atomic mass is 10.2. The van der Waals surface area contributed by atoms with Crippen molar-refractivity contribution >= 4 is 50.3 Å². The number of fused-ring (bicyclic) bond motifs is 1. The lowest BCUT2D eigenvalue weighted by molar-refractivity contribution is -0.114. The first-order chi connectivity index (χ1) is 13.7. The fraction of sp³-hybridized carbons (Fsp3) is 0.0455. The van der Waals surface area contributed by atoms with Crippen molar-refractivity contribution in [1.82, 2.24) is 9.97 Å². The molecule has 0 fully saturated rings. The van der Waals surface area contributed by atoms with Gasteiger partial charge in [0.15, 0.2) is 5.13 Å². The van der Waals surface area contributed by atoms with Crippen molar-refractivity contribution in [2.45, 2.75) is 6.54 Å². The molecule has 0 spiro atoms. The molecule has 0 unspecified atom stereocenters. The minimum Gasteiger partial charge on any atom is -0.280 e. The smallest absolute Gasteiger partial charge is 0.253 e. The number of halogens is 1. The zero-order valence-corrected chi connectivity index (χ0v) is 16.4. The highest BCUT2D eigenvalue weighted by atomic mass is 35.5. The lowest BCUT2D eigenvalue weighted by Crippen LogP contribution is -2.28. The Labute approximate surface area is 171 Å². The largest absolute Gasteiger partial charge is 0.280 e. The third kappa shape index (κ3) is 4.27. The molecule has 138 valence electrons. The van der Waals surface area contributed by atoms with E-state index >= 15 is 0 Å². The molecule has 6 heteroatoms. The summed E-state index contributed by atoms with van der Waals surface area (Å²) in [5, 5.41) is 1.28. The summed E-state index contributed by atoms with van der Waals surface area (Å²) in [6.45, 7) is 0.388. The van der Waals surface area contributed by atoms with Crippen molar-refractivity contribution < 1.29 is 4.79 Å². The molecule has 0 N–H and O–H groups in total. The third-order valence-electron chi connectivity index (χ3n) is 4.12. The van der Waals surface area contributed by atoms with Gasteiger partial charge in [-0.1, -0.05) is 59.3 Å². The van der Waals surface area contributed by atoms with Crippen LogP contribution in [0, 0.1) is 0 Å². The second kappa shape index (κ2) is 8.33. The zero-order chi connectivity index (χ0) is 19.3. The monoisotopic (exact) mass is 405 g/mol. The molecule has 4 nitrogen and oxygen atoms in total. The Morgan fingerprint density at radius 1 is 1.11 bits per heavy atom. The average molecular weight is 406 g/mol. The number of nitrogens with zero attached hydrogens (tertiary/aromatic N) is 3. The topological polar surface area (TPSA) is 46.1 Å². The van der Waals surface area contributed by atoms with Crippen LogP contribution in [0.3, 0.4) is 0 Å². The van der Waals surface area contributed by atoms with Crippen LogP contribution in [-0.2, 0) is 11.3 Å². The van der Waals surface area contributed by atoms with E-state index in [0.29, 0.717) is 16.7 Å². The van der Waals surface area contributed by atoms with Crippen LogP contribution in [-0.4, -0.2) is 15.9 Å². The third-order valence-corrected chi connectivity index (χ3v) is 5.39. The number of anilines is 1. The molecular formula is C22H16ClN3OS. The number of hydrogen-bond acceptors (Lipinski definition) is 4. The van der Waals surface area contributed by atoms with Gasteiger partial charge in [0.1, 0.15) is 0 Å². The molecule has 0 bridgehead atoms. The van der Waals surface area contributed by atoms with E-state index in [1.807, 2.05) is 60.7 Å². The summed E-state index contributed by atoms with van der Waals surface area (Å²) in [7, 11) is 0. The van der Waals surface area contributed by atoms with Gasteiger partial charge in [-0.3, -0.25) is 14.7 Å². The van der Waals surface area contributed by atoms with Crippen LogP contribution < -0.4 is 4.90 Å². The summed E-state index contributed by atoms with van der Waals surface area (Å²) < 4.78 is 0.943. The standard InChI is InChI=1S/C22H16ClN3OS/c23-18-9-10-19-20(13-18)28-22(25-19)26(15-17-7-4-12-24-14-17)21(27)11-8-16-5-2-1-3-6-16/h1-14H,15H2/b11-8+. The second-order valence-electron chi connectivity index (χ2n) is 6.14. The molecule has 2 heterocycles. The average Bonchev–Trinajstić information content (AvgIpc) is 3.14. The number of carbonyl (C=O) groups excluding carboxylic acids is 1. The first-order valence-electron chi connectivity index (χ1n) is 8.69. The summed E-state index contributed by atoms with van der Waals surface area (Å²) in [6.07, 6.45) is 6.85. The molecule has 1 amide bonds. The Morgan fingerprint density at radius 2 is 1.96 bits per heavy atom. The molecule has 0 aliphatic carbocycles. The number of benzene rings is 2. The molecule has 4 rings (SSSR count). The first-order valence-corrected chi connectivity index (χ1v) is 9.88. The first kappa shape index (κ1) is 18.3. The predicted octanol–water partition coefficient (Wildman–Crippen LogP) is 5.59. The summed E-state index contributed by atoms with van der Waals surface area (Å²) in [5.41, 5.74) is 2.72. The van der Waals surface area contributed by atoms with E-state index in [1.54, 1.807) is 29.4 Å². The van der Waals surface area contributed by atoms with E-state index < -0.39 is 0 Å². The number of aromatic nitrogens is 2. The Bertz CT molecular complexity index is 1130. The van der Waals surface area contributed by atoms with Crippen LogP contribution >= 0.6 is 22.9 Å². The molecule has 0 atom stereocenters. The Morgan fingerprint density at radius 3 is 2.75 bits per heavy atom. The van der Waals surface area contributed by atoms with Crippen LogP contribution in [0.15, 0.2) is 79.1 Å². The highest BCUT2D eigenvalue weighted by molar-refractivity contribution is 7.22. The van der Waals surface area contributed by atoms with Crippen molar-refractivity contribution in [2.24, 2.45) is 0 Å². The zero-order valence-electron chi connectivity index (χ0n) is 14.8. The summed E-state index contributed by atoms with van der Waals surface area (Å²) in [5.74, 6) is -0.141. The molecule has 28 heavy (non-hydrogen) atoms. The quantitative estimate of drug-likeness (QED) is 0.406. The van der Waals surface area contributed by atoms with Crippen molar-refractivity contribution in [3.63, 3.8) is 0 Å². The van der Waals surface area contributed by atoms with Gasteiger partial charge >= 0.3 is 0 Å². The molecule has 0 radical (unpaired) electrons. The van der Waals surface area contributed by atoms with Gasteiger partial charge in [-0.15, -0.1) is 0 Å². The second-order valence-corrected chi connectivity index (χ2v) is 7.58. The number of hydrogen-bond donors (Lipinski definition) is 0. The van der Waals surface area contributed by atoms with Crippen molar-refractivity contribution in [3.05, 3.63) is 95.3 Å². The van der Waals surface area contributed by atoms with Crippen LogP contribution in [0.4, 0.5) is 5.13 Å². The molecule has 0 aliphatic heterocycles. The number of rotatable bonds is 5. The maximum Gasteiger partial charge on any atom is 0.253 e. The highest BCUT2D eigenvalue weighted by Crippen LogP contribution is 2.31. The molecule has 0 saturated carbocycles. The Kier molecular flexibility index (Phi) is 5.46. The number of thiazole rings is 1. The summed E-state index contributed by atoms with van der Waals surface area (Å²) in [6, 6.07) is 19.1. The normalized spacial score (nSPS) is 11.2. The van der Waals surface area contributed by atoms with Crippen LogP contribution in [0.5, 0.6) is 0 Å². The maximum atomic E-state index is 13.0. The lowest BCUT2D eigenvalue weighted by Gasteiger charge is -2.18. The molecule has 0 saturated heterocycles. The van der Waals surface area contributed by atoms with Crippen LogP contribution in [0.25, 0.3) is 16.3 Å². The number of amides is 1. The van der Waals surface area contributed by atoms with Gasteiger partial charge in [0.25, 0.3) is 5.91 Å². The van der Waals surface area contributed by atoms with E-state index in [2.05, 4.69) is 9.97 Å². The van der Waals surface area contributed by atoms with E-state index in [9.17, 15) is 4.79 Å². The van der Waals surface area contributed by atoms with Crippen molar-refractivity contribution in [2.75, 3.05) is 4.90 Å². The summed E-state index contributed by atoms with van der Waals surface area (Å²) in [4.78, 5) is 23.5. The number of carbonyl (C=O) groups is 1. The van der Waals surface area contributed by atoms with Gasteiger partial charge < -0.3 is 0 Å². The van der Waals surface area contributed by atoms with Crippen LogP contribution in [0.2, 0.25) is 5.02 Å². The van der Waals surface area contributed by atoms with E-state index in [0.717, 1.165) is 21.3 Å². The molecule has 2 aromatic carbocycles. The molecule has 0 aliphatic rings. The van der Waals surface area contributed by atoms with Gasteiger partial charge in [0, 0.05) is 23.5 Å². The molecule has 4 aromatic rings. The predicted molar refractivity (Wildman–Crippen MR) is 116 cm³/mol. The Hall–Kier alpha value is -3.02. The fourth-order valence-electron chi connectivity index (χ4n) is 2.74. The Balaban J connectivity index is 1.68. The SMILES string of the molecule is O=C(/C=C/c1ccccc1)N(Cc1cccnc1)c1nc2ccc(Cl)cc2s1. The van der Waals surface area contributed by atoms with E-state index in [1.165, 1.54) is 11.3 Å².